The summed E-state index contributed by atoms with van der Waals surface area (Å²) in [4.78, 5) is 12.2. The van der Waals surface area contributed by atoms with E-state index in [9.17, 15) is 10.1 Å². The first-order chi connectivity index (χ1) is 9.61. The number of aromatic nitrogens is 2. The molecule has 0 amide bonds. The Morgan fingerprint density at radius 2 is 2.35 bits per heavy atom. The number of nitriles is 1. The van der Waals surface area contributed by atoms with Crippen LogP contribution in [0.25, 0.3) is 0 Å². The minimum atomic E-state index is -0.453. The third-order valence-electron chi connectivity index (χ3n) is 3.66. The molecule has 0 radical (unpaired) electrons. The van der Waals surface area contributed by atoms with Crippen molar-refractivity contribution in [2.24, 2.45) is 12.8 Å². The normalized spacial score (nSPS) is 22.4. The van der Waals surface area contributed by atoms with Crippen LogP contribution in [0.15, 0.2) is 35.2 Å². The van der Waals surface area contributed by atoms with E-state index >= 15 is 0 Å². The van der Waals surface area contributed by atoms with Gasteiger partial charge in [-0.05, 0) is 6.42 Å². The molecule has 2 N–H and O–H groups in total. The molecule has 0 saturated carbocycles. The number of ketones is 1. The summed E-state index contributed by atoms with van der Waals surface area (Å²) in [5.41, 5.74) is 7.48. The van der Waals surface area contributed by atoms with Crippen molar-refractivity contribution >= 4 is 5.78 Å². The fourth-order valence-electron chi connectivity index (χ4n) is 2.78. The lowest BCUT2D eigenvalue weighted by Crippen LogP contribution is -2.27. The van der Waals surface area contributed by atoms with E-state index in [2.05, 4.69) is 11.2 Å². The van der Waals surface area contributed by atoms with Gasteiger partial charge < -0.3 is 10.5 Å². The maximum absolute atomic E-state index is 12.2. The Hall–Kier alpha value is -2.55. The number of aryl methyl sites for hydroxylation is 1. The van der Waals surface area contributed by atoms with E-state index in [0.29, 0.717) is 24.2 Å². The Bertz CT molecular complexity index is 690. The Labute approximate surface area is 116 Å². The zero-order chi connectivity index (χ0) is 14.3. The minimum absolute atomic E-state index is 0.0281. The number of carbonyl (C=O) groups excluding carboxylic acids is 1. The molecule has 6 heteroatoms. The van der Waals surface area contributed by atoms with Crippen molar-refractivity contribution in [2.45, 2.75) is 25.2 Å². The Kier molecular flexibility index (Phi) is 2.83. The number of nitrogens with zero attached hydrogens (tertiary/aromatic N) is 3. The van der Waals surface area contributed by atoms with Crippen molar-refractivity contribution in [3.63, 3.8) is 0 Å². The van der Waals surface area contributed by atoms with Gasteiger partial charge in [-0.15, -0.1) is 0 Å². The summed E-state index contributed by atoms with van der Waals surface area (Å²) in [6.45, 7) is 0. The summed E-state index contributed by atoms with van der Waals surface area (Å²) >= 11 is 0. The molecule has 0 fully saturated rings. The summed E-state index contributed by atoms with van der Waals surface area (Å²) in [6.07, 6.45) is 5.38. The molecular formula is C14H14N4O2. The Morgan fingerprint density at radius 1 is 1.55 bits per heavy atom. The lowest BCUT2D eigenvalue weighted by Gasteiger charge is -2.30. The number of Topliss-reactive ketones (excluding diaryl/α,β-unsaturated/α-hetero) is 1. The number of nitrogens with two attached hydrogens (primary N) is 1. The zero-order valence-corrected chi connectivity index (χ0v) is 11.1. The molecule has 2 aliphatic rings. The van der Waals surface area contributed by atoms with Crippen LogP contribution in [0.2, 0.25) is 0 Å². The molecule has 0 bridgehead atoms. The predicted molar refractivity (Wildman–Crippen MR) is 69.7 cm³/mol. The highest BCUT2D eigenvalue weighted by molar-refractivity contribution is 5.99. The molecule has 0 aromatic carbocycles. The molecule has 2 heterocycles. The van der Waals surface area contributed by atoms with E-state index in [0.717, 1.165) is 12.0 Å². The van der Waals surface area contributed by atoms with Gasteiger partial charge >= 0.3 is 0 Å². The molecule has 1 aliphatic carbocycles. The minimum Gasteiger partial charge on any atom is -0.444 e. The molecule has 1 aromatic heterocycles. The van der Waals surface area contributed by atoms with Crippen molar-refractivity contribution < 1.29 is 9.53 Å². The molecule has 1 atom stereocenters. The SMILES string of the molecule is Cn1cc([C@@H]2C(C#N)=C(N)OC3=C2C(=O)CCC3)cn1. The van der Waals surface area contributed by atoms with Gasteiger partial charge in [0, 0.05) is 37.2 Å². The van der Waals surface area contributed by atoms with Crippen LogP contribution in [0.5, 0.6) is 0 Å². The van der Waals surface area contributed by atoms with Crippen molar-refractivity contribution in [2.75, 3.05) is 0 Å². The number of hydrogen-bond donors (Lipinski definition) is 1. The first kappa shape index (κ1) is 12.5. The molecule has 1 aromatic rings. The predicted octanol–water partition coefficient (Wildman–Crippen LogP) is 1.23. The highest BCUT2D eigenvalue weighted by Crippen LogP contribution is 2.42. The first-order valence-electron chi connectivity index (χ1n) is 6.44. The Balaban J connectivity index is 2.18. The van der Waals surface area contributed by atoms with Crippen LogP contribution < -0.4 is 5.73 Å². The van der Waals surface area contributed by atoms with Crippen molar-refractivity contribution in [3.8, 4) is 6.07 Å². The topological polar surface area (TPSA) is 93.9 Å². The summed E-state index contributed by atoms with van der Waals surface area (Å²) in [5, 5.41) is 13.5. The average molecular weight is 270 g/mol. The van der Waals surface area contributed by atoms with Crippen LogP contribution in [-0.4, -0.2) is 15.6 Å². The molecule has 0 spiro atoms. The average Bonchev–Trinajstić information content (AvgIpc) is 2.84. The molecule has 6 nitrogen and oxygen atoms in total. The van der Waals surface area contributed by atoms with E-state index in [1.807, 2.05) is 0 Å². The van der Waals surface area contributed by atoms with Crippen molar-refractivity contribution in [1.29, 1.82) is 5.26 Å². The molecule has 3 rings (SSSR count). The largest absolute Gasteiger partial charge is 0.444 e. The van der Waals surface area contributed by atoms with Gasteiger partial charge in [0.05, 0.1) is 12.1 Å². The Morgan fingerprint density at radius 3 is 3.00 bits per heavy atom. The molecular weight excluding hydrogens is 256 g/mol. The highest BCUT2D eigenvalue weighted by atomic mass is 16.5. The van der Waals surface area contributed by atoms with E-state index in [4.69, 9.17) is 10.5 Å². The fourth-order valence-corrected chi connectivity index (χ4v) is 2.78. The number of ether oxygens (including phenoxy) is 1. The molecule has 102 valence electrons. The van der Waals surface area contributed by atoms with Gasteiger partial charge in [-0.3, -0.25) is 9.48 Å². The van der Waals surface area contributed by atoms with Gasteiger partial charge in [0.2, 0.25) is 5.88 Å². The van der Waals surface area contributed by atoms with Crippen LogP contribution in [0.4, 0.5) is 0 Å². The molecule has 1 aliphatic heterocycles. The molecule has 0 saturated heterocycles. The van der Waals surface area contributed by atoms with Gasteiger partial charge in [-0.25, -0.2) is 0 Å². The van der Waals surface area contributed by atoms with Gasteiger partial charge in [-0.1, -0.05) is 0 Å². The number of carbonyl (C=O) groups is 1. The standard InChI is InChI=1S/C14H14N4O2/c1-18-7-8(6-17-18)12-9(5-15)14(16)20-11-4-2-3-10(19)13(11)12/h6-7,12H,2-4,16H2,1H3/t12-/m1/s1. The lowest BCUT2D eigenvalue weighted by molar-refractivity contribution is -0.116. The summed E-state index contributed by atoms with van der Waals surface area (Å²) < 4.78 is 7.13. The second-order valence-corrected chi connectivity index (χ2v) is 4.99. The maximum Gasteiger partial charge on any atom is 0.205 e. The van der Waals surface area contributed by atoms with E-state index in [1.165, 1.54) is 0 Å². The second kappa shape index (κ2) is 4.53. The van der Waals surface area contributed by atoms with Crippen LogP contribution in [0.3, 0.4) is 0 Å². The zero-order valence-electron chi connectivity index (χ0n) is 11.1. The second-order valence-electron chi connectivity index (χ2n) is 4.99. The van der Waals surface area contributed by atoms with E-state index in [-0.39, 0.29) is 17.2 Å². The number of hydrogen-bond acceptors (Lipinski definition) is 5. The van der Waals surface area contributed by atoms with Gasteiger partial charge in [0.1, 0.15) is 17.4 Å². The van der Waals surface area contributed by atoms with Crippen LogP contribution in [-0.2, 0) is 16.6 Å². The quantitative estimate of drug-likeness (QED) is 0.828. The third-order valence-corrected chi connectivity index (χ3v) is 3.66. The monoisotopic (exact) mass is 270 g/mol. The van der Waals surface area contributed by atoms with Gasteiger partial charge in [0.25, 0.3) is 0 Å². The fraction of sp³-hybridized carbons (Fsp3) is 0.357. The lowest BCUT2D eigenvalue weighted by atomic mass is 9.78. The molecule has 20 heavy (non-hydrogen) atoms. The van der Waals surface area contributed by atoms with E-state index in [1.54, 1.807) is 24.1 Å². The molecule has 0 unspecified atom stereocenters. The summed E-state index contributed by atoms with van der Waals surface area (Å²) in [7, 11) is 1.79. The van der Waals surface area contributed by atoms with Crippen LogP contribution in [0, 0.1) is 11.3 Å². The van der Waals surface area contributed by atoms with Gasteiger partial charge in [0.15, 0.2) is 5.78 Å². The smallest absolute Gasteiger partial charge is 0.205 e. The third kappa shape index (κ3) is 1.79. The van der Waals surface area contributed by atoms with Crippen LogP contribution >= 0.6 is 0 Å². The van der Waals surface area contributed by atoms with Crippen molar-refractivity contribution in [1.82, 2.24) is 9.78 Å². The summed E-state index contributed by atoms with van der Waals surface area (Å²) in [6, 6.07) is 2.07. The van der Waals surface area contributed by atoms with Crippen molar-refractivity contribution in [3.05, 3.63) is 40.7 Å². The van der Waals surface area contributed by atoms with Crippen LogP contribution in [0.1, 0.15) is 30.7 Å². The van der Waals surface area contributed by atoms with E-state index < -0.39 is 5.92 Å². The highest BCUT2D eigenvalue weighted by Gasteiger charge is 2.38. The summed E-state index contributed by atoms with van der Waals surface area (Å²) in [5.74, 6) is 0.270. The van der Waals surface area contributed by atoms with Gasteiger partial charge in [-0.2, -0.15) is 10.4 Å². The number of rotatable bonds is 1. The first-order valence-corrected chi connectivity index (χ1v) is 6.44. The number of allylic oxidation sites excluding steroid dienone is 3. The maximum atomic E-state index is 12.2.